The van der Waals surface area contributed by atoms with Crippen molar-refractivity contribution in [2.24, 2.45) is 17.8 Å². The van der Waals surface area contributed by atoms with Gasteiger partial charge in [0.25, 0.3) is 0 Å². The molecular formula is C16H12BrClF2N4. The molecule has 3 atom stereocenters. The van der Waals surface area contributed by atoms with E-state index in [1.165, 1.54) is 6.07 Å². The Hall–Kier alpha value is -1.52. The lowest BCUT2D eigenvalue weighted by molar-refractivity contribution is 0.336. The molecule has 2 bridgehead atoms. The molecule has 124 valence electrons. The van der Waals surface area contributed by atoms with Gasteiger partial charge in [-0.3, -0.25) is 0 Å². The van der Waals surface area contributed by atoms with Gasteiger partial charge >= 0.3 is 0 Å². The first-order valence-corrected chi connectivity index (χ1v) is 8.82. The zero-order valence-electron chi connectivity index (χ0n) is 12.4. The number of anilines is 1. The van der Waals surface area contributed by atoms with E-state index in [9.17, 15) is 14.0 Å². The molecule has 2 heterocycles. The average molecular weight is 414 g/mol. The Morgan fingerprint density at radius 1 is 1.25 bits per heavy atom. The highest BCUT2D eigenvalue weighted by atomic mass is 79.9. The van der Waals surface area contributed by atoms with Crippen LogP contribution in [0.1, 0.15) is 12.8 Å². The van der Waals surface area contributed by atoms with Gasteiger partial charge in [-0.2, -0.15) is 10.2 Å². The van der Waals surface area contributed by atoms with Crippen LogP contribution in [0.5, 0.6) is 0 Å². The first-order valence-electron chi connectivity index (χ1n) is 7.65. The number of fused-ring (bicyclic) bond motifs is 3. The van der Waals surface area contributed by atoms with Gasteiger partial charge in [-0.15, -0.1) is 0 Å². The van der Waals surface area contributed by atoms with E-state index in [0.29, 0.717) is 24.3 Å². The van der Waals surface area contributed by atoms with Crippen molar-refractivity contribution in [1.29, 1.82) is 5.26 Å². The quantitative estimate of drug-likeness (QED) is 0.516. The molecule has 4 rings (SSSR count). The van der Waals surface area contributed by atoms with Crippen LogP contribution in [-0.4, -0.2) is 23.1 Å². The van der Waals surface area contributed by atoms with Gasteiger partial charge in [-0.05, 0) is 58.3 Å². The van der Waals surface area contributed by atoms with E-state index in [0.717, 1.165) is 12.8 Å². The maximum atomic E-state index is 14.4. The Morgan fingerprint density at radius 2 is 1.92 bits per heavy atom. The molecule has 0 N–H and O–H groups in total. The van der Waals surface area contributed by atoms with Gasteiger partial charge in [0.2, 0.25) is 5.28 Å². The van der Waals surface area contributed by atoms with Crippen molar-refractivity contribution in [3.05, 3.63) is 27.5 Å². The molecule has 2 aromatic rings. The van der Waals surface area contributed by atoms with Gasteiger partial charge in [-0.1, -0.05) is 0 Å². The normalized spacial score (nSPS) is 26.0. The Bertz CT molecular complexity index is 871. The van der Waals surface area contributed by atoms with Crippen LogP contribution in [-0.2, 0) is 0 Å². The van der Waals surface area contributed by atoms with Crippen LogP contribution in [0, 0.1) is 40.7 Å². The average Bonchev–Trinajstić information content (AvgIpc) is 2.81. The highest BCUT2D eigenvalue weighted by Crippen LogP contribution is 2.44. The maximum absolute atomic E-state index is 14.4. The summed E-state index contributed by atoms with van der Waals surface area (Å²) in [6.07, 6.45) is 1.98. The smallest absolute Gasteiger partial charge is 0.225 e. The standard InChI is InChI=1S/C16H12BrClF2N4/c17-12-11(19)3-9-14(13(12)20)22-16(18)23-15(9)24-5-7-1-2-8(6-24)10(7)4-21/h3,7-8,10H,1-2,5-6H2/t7-,8+,10+. The number of nitrogens with zero attached hydrogens (tertiary/aromatic N) is 4. The van der Waals surface area contributed by atoms with Crippen LogP contribution in [0.2, 0.25) is 5.28 Å². The van der Waals surface area contributed by atoms with E-state index in [1.807, 2.05) is 4.90 Å². The van der Waals surface area contributed by atoms with E-state index < -0.39 is 11.6 Å². The Balaban J connectivity index is 1.85. The minimum atomic E-state index is -0.787. The molecule has 0 amide bonds. The van der Waals surface area contributed by atoms with Crippen LogP contribution in [0.15, 0.2) is 10.5 Å². The number of nitriles is 1. The minimum absolute atomic E-state index is 0.00646. The summed E-state index contributed by atoms with van der Waals surface area (Å²) in [5, 5.41) is 9.55. The van der Waals surface area contributed by atoms with Crippen molar-refractivity contribution >= 4 is 44.3 Å². The van der Waals surface area contributed by atoms with E-state index in [2.05, 4.69) is 32.0 Å². The Kier molecular flexibility index (Phi) is 3.85. The molecule has 1 aromatic carbocycles. The molecule has 1 saturated carbocycles. The lowest BCUT2D eigenvalue weighted by Gasteiger charge is -2.36. The zero-order chi connectivity index (χ0) is 17.0. The molecule has 2 aliphatic rings. The highest BCUT2D eigenvalue weighted by molar-refractivity contribution is 9.10. The third-order valence-corrected chi connectivity index (χ3v) is 5.96. The van der Waals surface area contributed by atoms with E-state index >= 15 is 0 Å². The predicted octanol–water partition coefficient (Wildman–Crippen LogP) is 4.31. The number of benzene rings is 1. The van der Waals surface area contributed by atoms with Crippen molar-refractivity contribution < 1.29 is 8.78 Å². The molecule has 24 heavy (non-hydrogen) atoms. The van der Waals surface area contributed by atoms with Crippen LogP contribution >= 0.6 is 27.5 Å². The maximum Gasteiger partial charge on any atom is 0.225 e. The second-order valence-corrected chi connectivity index (χ2v) is 7.49. The number of rotatable bonds is 1. The summed E-state index contributed by atoms with van der Waals surface area (Å²) >= 11 is 8.86. The Labute approximate surface area is 150 Å². The van der Waals surface area contributed by atoms with Crippen molar-refractivity contribution in [3.63, 3.8) is 0 Å². The summed E-state index contributed by atoms with van der Waals surface area (Å²) in [7, 11) is 0. The molecule has 0 spiro atoms. The molecule has 2 fully saturated rings. The largest absolute Gasteiger partial charge is 0.355 e. The van der Waals surface area contributed by atoms with Crippen LogP contribution in [0.3, 0.4) is 0 Å². The topological polar surface area (TPSA) is 52.8 Å². The number of hydrogen-bond donors (Lipinski definition) is 0. The summed E-state index contributed by atoms with van der Waals surface area (Å²) < 4.78 is 28.1. The SMILES string of the molecule is N#C[C@H]1[C@@H]2CC[C@H]1CN(c1nc(Cl)nc3c(F)c(Br)c(F)cc13)C2. The van der Waals surface area contributed by atoms with Crippen molar-refractivity contribution in [2.45, 2.75) is 12.8 Å². The molecular weight excluding hydrogens is 402 g/mol. The molecule has 1 aromatic heterocycles. The third kappa shape index (κ3) is 2.35. The molecule has 1 aliphatic heterocycles. The van der Waals surface area contributed by atoms with Crippen LogP contribution < -0.4 is 4.90 Å². The van der Waals surface area contributed by atoms with Crippen molar-refractivity contribution in [1.82, 2.24) is 9.97 Å². The number of piperidine rings is 1. The lowest BCUT2D eigenvalue weighted by atomic mass is 9.86. The fourth-order valence-corrected chi connectivity index (χ4v) is 4.44. The van der Waals surface area contributed by atoms with E-state index in [1.54, 1.807) is 0 Å². The monoisotopic (exact) mass is 412 g/mol. The Morgan fingerprint density at radius 3 is 2.54 bits per heavy atom. The summed E-state index contributed by atoms with van der Waals surface area (Å²) in [6.45, 7) is 1.27. The molecule has 0 unspecified atom stereocenters. The van der Waals surface area contributed by atoms with Crippen LogP contribution in [0.4, 0.5) is 14.6 Å². The van der Waals surface area contributed by atoms with Crippen molar-refractivity contribution in [3.8, 4) is 6.07 Å². The summed E-state index contributed by atoms with van der Waals surface area (Å²) in [5.41, 5.74) is -0.00646. The molecule has 1 aliphatic carbocycles. The van der Waals surface area contributed by atoms with Gasteiger partial charge in [0, 0.05) is 18.5 Å². The number of aromatic nitrogens is 2. The van der Waals surface area contributed by atoms with Crippen LogP contribution in [0.25, 0.3) is 10.9 Å². The zero-order valence-corrected chi connectivity index (χ0v) is 14.8. The molecule has 8 heteroatoms. The summed E-state index contributed by atoms with van der Waals surface area (Å²) in [5.74, 6) is -0.506. The first kappa shape index (κ1) is 16.0. The minimum Gasteiger partial charge on any atom is -0.355 e. The van der Waals surface area contributed by atoms with Gasteiger partial charge in [0.15, 0.2) is 5.82 Å². The fraction of sp³-hybridized carbons (Fsp3) is 0.438. The second-order valence-electron chi connectivity index (χ2n) is 6.36. The summed E-state index contributed by atoms with van der Waals surface area (Å²) in [4.78, 5) is 10.1. The summed E-state index contributed by atoms with van der Waals surface area (Å²) in [6, 6.07) is 3.63. The van der Waals surface area contributed by atoms with Gasteiger partial charge < -0.3 is 4.90 Å². The van der Waals surface area contributed by atoms with E-state index in [4.69, 9.17) is 11.6 Å². The second kappa shape index (κ2) is 5.78. The third-order valence-electron chi connectivity index (χ3n) is 5.06. The number of hydrogen-bond acceptors (Lipinski definition) is 4. The predicted molar refractivity (Wildman–Crippen MR) is 89.7 cm³/mol. The fourth-order valence-electron chi connectivity index (χ4n) is 3.98. The molecule has 4 nitrogen and oxygen atoms in total. The van der Waals surface area contributed by atoms with Crippen molar-refractivity contribution in [2.75, 3.05) is 18.0 Å². The molecule has 0 radical (unpaired) electrons. The molecule has 1 saturated heterocycles. The highest BCUT2D eigenvalue weighted by Gasteiger charge is 2.43. The number of halogens is 4. The first-order chi connectivity index (χ1) is 11.5. The lowest BCUT2D eigenvalue weighted by Crippen LogP contribution is -2.42. The van der Waals surface area contributed by atoms with Gasteiger partial charge in [0.05, 0.1) is 16.5 Å². The van der Waals surface area contributed by atoms with E-state index in [-0.39, 0.29) is 33.0 Å². The van der Waals surface area contributed by atoms with Gasteiger partial charge in [-0.25, -0.2) is 13.8 Å². The van der Waals surface area contributed by atoms with Gasteiger partial charge in [0.1, 0.15) is 17.2 Å².